The molecule has 0 radical (unpaired) electrons. The van der Waals surface area contributed by atoms with Gasteiger partial charge >= 0.3 is 12.2 Å². The quantitative estimate of drug-likeness (QED) is 0.103. The maximum absolute atomic E-state index is 11.8. The van der Waals surface area contributed by atoms with E-state index >= 15 is 0 Å². The molecule has 1 fully saturated rings. The van der Waals surface area contributed by atoms with Crippen molar-refractivity contribution in [2.24, 2.45) is 5.92 Å². The second kappa shape index (κ2) is 23.3. The molecule has 0 aromatic carbocycles. The number of hydrogen-bond acceptors (Lipinski definition) is 8. The Hall–Kier alpha value is -0.489. The molecule has 1 aliphatic carbocycles. The monoisotopic (exact) mass is 901 g/mol. The van der Waals surface area contributed by atoms with Gasteiger partial charge in [0.2, 0.25) is 0 Å². The Kier molecular flexibility index (Phi) is 24.0. The highest BCUT2D eigenvalue weighted by molar-refractivity contribution is 9.09. The summed E-state index contributed by atoms with van der Waals surface area (Å²) in [6.45, 7) is 46.7. The van der Waals surface area contributed by atoms with E-state index < -0.39 is 42.2 Å². The average molecular weight is 902 g/mol. The fraction of sp³-hybridized carbons (Fsp3) is 0.951. The first-order valence-corrected chi connectivity index (χ1v) is 30.3. The van der Waals surface area contributed by atoms with E-state index in [0.717, 1.165) is 18.9 Å². The van der Waals surface area contributed by atoms with Gasteiger partial charge in [0.25, 0.3) is 0 Å². The third kappa shape index (κ3) is 27.0. The summed E-state index contributed by atoms with van der Waals surface area (Å²) in [6, 6.07) is -0.325. The number of aliphatic hydroxyl groups is 1. The molecule has 1 saturated carbocycles. The first-order valence-electron chi connectivity index (χ1n) is 20.5. The number of hydrogen-bond donors (Lipinski definition) is 3. The van der Waals surface area contributed by atoms with Crippen LogP contribution in [0.15, 0.2) is 0 Å². The number of halogens is 1. The SMILES string of the molecule is CC(C)(C)OC(=O)N[C@H](CBr)CCO[Si](C)(C)C(C)(C)C.CC(C)(C)OC(=O)N[C@H](CO)CCO[Si](C)(C)C(C)(C)C.CC(C)(C)[Si](C)(C)OCCC1CC1. The van der Waals surface area contributed by atoms with Gasteiger partial charge in [-0.15, -0.1) is 0 Å². The summed E-state index contributed by atoms with van der Waals surface area (Å²) in [4.78, 5) is 23.4. The van der Waals surface area contributed by atoms with E-state index in [-0.39, 0.29) is 34.9 Å². The Morgan fingerprint density at radius 3 is 1.18 bits per heavy atom. The average Bonchev–Trinajstić information content (AvgIpc) is 3.77. The van der Waals surface area contributed by atoms with Crippen LogP contribution in [0.4, 0.5) is 9.59 Å². The molecule has 3 N–H and O–H groups in total. The molecular weight excluding hydrogens is 813 g/mol. The van der Waals surface area contributed by atoms with E-state index in [4.69, 9.17) is 22.8 Å². The Bertz CT molecular complexity index is 1040. The molecule has 0 spiro atoms. The van der Waals surface area contributed by atoms with Crippen LogP contribution in [-0.2, 0) is 22.8 Å². The van der Waals surface area contributed by atoms with Crippen LogP contribution in [0.1, 0.15) is 136 Å². The molecule has 0 aliphatic heterocycles. The highest BCUT2D eigenvalue weighted by Gasteiger charge is 2.39. The first-order chi connectivity index (χ1) is 24.4. The van der Waals surface area contributed by atoms with Crippen LogP contribution < -0.4 is 10.6 Å². The zero-order valence-corrected chi connectivity index (χ0v) is 44.1. The van der Waals surface area contributed by atoms with E-state index in [9.17, 15) is 14.7 Å². The number of nitrogens with one attached hydrogen (secondary N) is 2. The standard InChI is InChI=1S/C15H32BrNO3Si.C15H33NO4Si.C11H24OSi/c1-14(2,3)20-13(18)17-12(11-16)9-10-19-21(7,8)15(4,5)6;1-14(2,3)20-13(18)16-12(11-17)9-10-19-21(7,8)15(4,5)6;1-11(2,3)13(4,5)12-9-8-10-6-7-10/h12H,9-11H2,1-8H3,(H,17,18);12,17H,9-11H2,1-8H3,(H,16,18);10H,6-9H2,1-5H3/t2*12-;/m00./s1. The summed E-state index contributed by atoms with van der Waals surface area (Å²) in [5, 5.41) is 16.3. The number of alkyl halides is 1. The van der Waals surface area contributed by atoms with E-state index in [1.807, 2.05) is 20.8 Å². The molecule has 1 rings (SSSR count). The molecule has 330 valence electrons. The summed E-state index contributed by atoms with van der Waals surface area (Å²) < 4.78 is 28.7. The molecule has 0 unspecified atom stereocenters. The van der Waals surface area contributed by atoms with Crippen LogP contribution in [0.2, 0.25) is 54.4 Å². The Morgan fingerprint density at radius 2 is 0.909 bits per heavy atom. The normalized spacial score (nSPS) is 15.8. The Labute approximate surface area is 351 Å². The predicted molar refractivity (Wildman–Crippen MR) is 243 cm³/mol. The number of amides is 2. The molecule has 0 saturated heterocycles. The number of aliphatic hydroxyl groups excluding tert-OH is 1. The van der Waals surface area contributed by atoms with E-state index in [1.54, 1.807) is 20.8 Å². The van der Waals surface area contributed by atoms with Crippen molar-refractivity contribution in [1.82, 2.24) is 10.6 Å². The smallest absolute Gasteiger partial charge is 0.407 e. The second-order valence-electron chi connectivity index (χ2n) is 21.7. The number of carbonyl (C=O) groups excluding carboxylic acids is 2. The molecule has 1 aliphatic rings. The highest BCUT2D eigenvalue weighted by atomic mass is 79.9. The number of rotatable bonds is 16. The van der Waals surface area contributed by atoms with Gasteiger partial charge in [-0.25, -0.2) is 9.59 Å². The number of carbonyl (C=O) groups is 2. The van der Waals surface area contributed by atoms with Crippen LogP contribution in [0.3, 0.4) is 0 Å². The first kappa shape index (κ1) is 56.6. The fourth-order valence-corrected chi connectivity index (χ4v) is 7.46. The van der Waals surface area contributed by atoms with Crippen molar-refractivity contribution in [3.8, 4) is 0 Å². The van der Waals surface area contributed by atoms with Crippen molar-refractivity contribution < 1.29 is 37.4 Å². The topological polar surface area (TPSA) is 125 Å². The lowest BCUT2D eigenvalue weighted by Gasteiger charge is -2.36. The highest BCUT2D eigenvalue weighted by Crippen LogP contribution is 2.39. The van der Waals surface area contributed by atoms with Crippen molar-refractivity contribution in [3.05, 3.63) is 0 Å². The molecular formula is C41H89BrN2O8Si3. The summed E-state index contributed by atoms with van der Waals surface area (Å²) >= 11 is 3.43. The van der Waals surface area contributed by atoms with Gasteiger partial charge in [0.15, 0.2) is 25.0 Å². The van der Waals surface area contributed by atoms with Crippen molar-refractivity contribution in [2.75, 3.05) is 31.8 Å². The van der Waals surface area contributed by atoms with Crippen LogP contribution in [0.5, 0.6) is 0 Å². The molecule has 55 heavy (non-hydrogen) atoms. The lowest BCUT2D eigenvalue weighted by atomic mass is 10.2. The van der Waals surface area contributed by atoms with Crippen molar-refractivity contribution in [2.45, 2.75) is 214 Å². The van der Waals surface area contributed by atoms with Crippen LogP contribution in [0.25, 0.3) is 0 Å². The van der Waals surface area contributed by atoms with Crippen LogP contribution in [0, 0.1) is 5.92 Å². The van der Waals surface area contributed by atoms with Crippen molar-refractivity contribution in [3.63, 3.8) is 0 Å². The Morgan fingerprint density at radius 1 is 0.600 bits per heavy atom. The minimum atomic E-state index is -1.79. The summed E-state index contributed by atoms with van der Waals surface area (Å²) in [6.07, 6.45) is 4.65. The molecule has 14 heteroatoms. The minimum Gasteiger partial charge on any atom is -0.444 e. The number of ether oxygens (including phenoxy) is 2. The van der Waals surface area contributed by atoms with Gasteiger partial charge in [-0.3, -0.25) is 0 Å². The second-order valence-corrected chi connectivity index (χ2v) is 36.7. The molecule has 10 nitrogen and oxygen atoms in total. The predicted octanol–water partition coefficient (Wildman–Crippen LogP) is 11.8. The van der Waals surface area contributed by atoms with E-state index in [2.05, 4.69) is 128 Å². The van der Waals surface area contributed by atoms with Gasteiger partial charge in [-0.2, -0.15) is 0 Å². The summed E-state index contributed by atoms with van der Waals surface area (Å²) in [5.41, 5.74) is -1.01. The largest absolute Gasteiger partial charge is 0.444 e. The molecule has 2 amide bonds. The lowest BCUT2D eigenvalue weighted by molar-refractivity contribution is 0.0469. The van der Waals surface area contributed by atoms with Gasteiger partial charge in [0.05, 0.1) is 12.6 Å². The van der Waals surface area contributed by atoms with Crippen molar-refractivity contribution >= 4 is 53.1 Å². The third-order valence-electron chi connectivity index (χ3n) is 10.8. The van der Waals surface area contributed by atoms with Crippen LogP contribution in [-0.4, -0.2) is 97.3 Å². The van der Waals surface area contributed by atoms with Gasteiger partial charge in [0, 0.05) is 31.2 Å². The molecule has 0 aromatic heterocycles. The zero-order chi connectivity index (χ0) is 43.9. The molecule has 0 heterocycles. The maximum atomic E-state index is 11.8. The summed E-state index contributed by atoms with van der Waals surface area (Å²) in [5.74, 6) is 1.00. The third-order valence-corrected chi connectivity index (χ3v) is 25.2. The van der Waals surface area contributed by atoms with E-state index in [1.165, 1.54) is 19.3 Å². The van der Waals surface area contributed by atoms with Gasteiger partial charge in [0.1, 0.15) is 11.2 Å². The van der Waals surface area contributed by atoms with Crippen molar-refractivity contribution in [1.29, 1.82) is 0 Å². The van der Waals surface area contributed by atoms with E-state index in [0.29, 0.717) is 30.0 Å². The Balaban J connectivity index is 0. The molecule has 0 aromatic rings. The van der Waals surface area contributed by atoms with Crippen LogP contribution >= 0.6 is 15.9 Å². The summed E-state index contributed by atoms with van der Waals surface area (Å²) in [7, 11) is -4.95. The fourth-order valence-electron chi connectivity index (χ4n) is 3.79. The zero-order valence-electron chi connectivity index (χ0n) is 39.5. The van der Waals surface area contributed by atoms with Gasteiger partial charge < -0.3 is 38.5 Å². The maximum Gasteiger partial charge on any atom is 0.407 e. The van der Waals surface area contributed by atoms with Gasteiger partial charge in [-0.1, -0.05) is 91.1 Å². The molecule has 2 atom stereocenters. The van der Waals surface area contributed by atoms with Gasteiger partial charge in [-0.05, 0) is 121 Å². The molecule has 0 bridgehead atoms. The number of alkyl carbamates (subject to hydrolysis) is 2. The lowest BCUT2D eigenvalue weighted by Crippen LogP contribution is -2.44. The minimum absolute atomic E-state index is 0.0182.